The van der Waals surface area contributed by atoms with E-state index >= 15 is 0 Å². The van der Waals surface area contributed by atoms with Crippen LogP contribution in [0.3, 0.4) is 0 Å². The van der Waals surface area contributed by atoms with Crippen molar-refractivity contribution in [3.63, 3.8) is 0 Å². The van der Waals surface area contributed by atoms with Gasteiger partial charge in [0.15, 0.2) is 0 Å². The molecule has 0 aliphatic carbocycles. The lowest BCUT2D eigenvalue weighted by Crippen LogP contribution is -2.47. The van der Waals surface area contributed by atoms with Crippen LogP contribution < -0.4 is 5.32 Å². The van der Waals surface area contributed by atoms with E-state index in [0.717, 1.165) is 57.3 Å². The van der Waals surface area contributed by atoms with E-state index in [-0.39, 0.29) is 5.91 Å². The molecule has 1 amide bonds. The molecular formula is C16H22ClN3O. The quantitative estimate of drug-likeness (QED) is 0.920. The lowest BCUT2D eigenvalue weighted by Gasteiger charge is -2.31. The van der Waals surface area contributed by atoms with Gasteiger partial charge in [-0.3, -0.25) is 9.69 Å². The highest BCUT2D eigenvalue weighted by molar-refractivity contribution is 6.31. The van der Waals surface area contributed by atoms with Crippen molar-refractivity contribution in [2.45, 2.75) is 19.4 Å². The Bertz CT molecular complexity index is 514. The van der Waals surface area contributed by atoms with E-state index < -0.39 is 0 Å². The molecule has 3 rings (SSSR count). The van der Waals surface area contributed by atoms with Crippen molar-refractivity contribution in [3.8, 4) is 0 Å². The number of piperazine rings is 1. The molecule has 2 aliphatic heterocycles. The van der Waals surface area contributed by atoms with Crippen molar-refractivity contribution < 1.29 is 4.79 Å². The zero-order chi connectivity index (χ0) is 14.7. The second-order valence-electron chi connectivity index (χ2n) is 5.78. The van der Waals surface area contributed by atoms with E-state index in [4.69, 9.17) is 11.6 Å². The number of fused-ring (bicyclic) bond motifs is 1. The molecule has 0 aromatic heterocycles. The number of halogens is 1. The topological polar surface area (TPSA) is 35.6 Å². The first-order valence-corrected chi connectivity index (χ1v) is 8.09. The van der Waals surface area contributed by atoms with Gasteiger partial charge in [0.2, 0.25) is 5.91 Å². The Balaban J connectivity index is 1.52. The molecule has 0 radical (unpaired) electrons. The number of rotatable bonds is 3. The number of amides is 1. The van der Waals surface area contributed by atoms with Gasteiger partial charge in [0.05, 0.1) is 0 Å². The van der Waals surface area contributed by atoms with Crippen LogP contribution in [-0.4, -0.2) is 55.0 Å². The van der Waals surface area contributed by atoms with Gasteiger partial charge in [0.1, 0.15) is 0 Å². The molecule has 1 saturated heterocycles. The minimum absolute atomic E-state index is 0.286. The van der Waals surface area contributed by atoms with Crippen molar-refractivity contribution in [2.24, 2.45) is 0 Å². The highest BCUT2D eigenvalue weighted by Crippen LogP contribution is 2.25. The minimum atomic E-state index is 0.286. The van der Waals surface area contributed by atoms with Crippen molar-refractivity contribution in [3.05, 3.63) is 34.3 Å². The molecule has 21 heavy (non-hydrogen) atoms. The molecule has 1 fully saturated rings. The molecular weight excluding hydrogens is 286 g/mol. The molecule has 0 unspecified atom stereocenters. The Morgan fingerprint density at radius 3 is 2.86 bits per heavy atom. The summed E-state index contributed by atoms with van der Waals surface area (Å²) >= 11 is 6.23. The number of benzene rings is 1. The van der Waals surface area contributed by atoms with Gasteiger partial charge in [-0.2, -0.15) is 0 Å². The Kier molecular flexibility index (Phi) is 4.78. The molecule has 5 heteroatoms. The summed E-state index contributed by atoms with van der Waals surface area (Å²) in [4.78, 5) is 16.5. The van der Waals surface area contributed by atoms with E-state index in [2.05, 4.69) is 16.3 Å². The third-order valence-electron chi connectivity index (χ3n) is 4.40. The Hall–Kier alpha value is -1.10. The second kappa shape index (κ2) is 6.77. The summed E-state index contributed by atoms with van der Waals surface area (Å²) in [6.45, 7) is 6.27. The standard InChI is InChI=1S/C16H22ClN3O/c17-15-3-1-2-13-12-19(8-4-14(13)15)9-5-16(21)20-10-6-18-7-11-20/h1-3,18H,4-12H2. The summed E-state index contributed by atoms with van der Waals surface area (Å²) in [7, 11) is 0. The summed E-state index contributed by atoms with van der Waals surface area (Å²) in [5, 5.41) is 4.15. The van der Waals surface area contributed by atoms with Gasteiger partial charge in [0, 0.05) is 57.3 Å². The monoisotopic (exact) mass is 307 g/mol. The average molecular weight is 308 g/mol. The maximum Gasteiger partial charge on any atom is 0.223 e. The molecule has 114 valence electrons. The number of nitrogens with one attached hydrogen (secondary N) is 1. The molecule has 2 aliphatic rings. The number of hydrogen-bond acceptors (Lipinski definition) is 3. The smallest absolute Gasteiger partial charge is 0.223 e. The van der Waals surface area contributed by atoms with Crippen LogP contribution in [-0.2, 0) is 17.8 Å². The summed E-state index contributed by atoms with van der Waals surface area (Å²) in [6.07, 6.45) is 1.60. The van der Waals surface area contributed by atoms with Crippen LogP contribution in [0.25, 0.3) is 0 Å². The summed E-state index contributed by atoms with van der Waals surface area (Å²) < 4.78 is 0. The zero-order valence-corrected chi connectivity index (χ0v) is 13.0. The molecule has 2 heterocycles. The maximum absolute atomic E-state index is 12.2. The van der Waals surface area contributed by atoms with E-state index in [9.17, 15) is 4.79 Å². The molecule has 0 saturated carbocycles. The third-order valence-corrected chi connectivity index (χ3v) is 4.75. The fourth-order valence-corrected chi connectivity index (χ4v) is 3.43. The number of carbonyl (C=O) groups excluding carboxylic acids is 1. The first-order chi connectivity index (χ1) is 10.2. The normalized spacial score (nSPS) is 19.4. The van der Waals surface area contributed by atoms with Crippen molar-refractivity contribution >= 4 is 17.5 Å². The van der Waals surface area contributed by atoms with E-state index in [1.807, 2.05) is 17.0 Å². The summed E-state index contributed by atoms with van der Waals surface area (Å²) in [6, 6.07) is 6.12. The van der Waals surface area contributed by atoms with E-state index in [1.165, 1.54) is 11.1 Å². The van der Waals surface area contributed by atoms with Crippen molar-refractivity contribution in [1.29, 1.82) is 0 Å². The molecule has 4 nitrogen and oxygen atoms in total. The van der Waals surface area contributed by atoms with Gasteiger partial charge >= 0.3 is 0 Å². The Labute approximate surface area is 131 Å². The molecule has 0 spiro atoms. The first-order valence-electron chi connectivity index (χ1n) is 7.71. The molecule has 1 N–H and O–H groups in total. The van der Waals surface area contributed by atoms with Crippen LogP contribution in [0.2, 0.25) is 5.02 Å². The average Bonchev–Trinajstić information content (AvgIpc) is 2.53. The third kappa shape index (κ3) is 3.57. The van der Waals surface area contributed by atoms with Gasteiger partial charge in [-0.1, -0.05) is 23.7 Å². The predicted octanol–water partition coefficient (Wildman–Crippen LogP) is 1.52. The van der Waals surface area contributed by atoms with Gasteiger partial charge in [-0.15, -0.1) is 0 Å². The summed E-state index contributed by atoms with van der Waals surface area (Å²) in [5.41, 5.74) is 2.59. The maximum atomic E-state index is 12.2. The van der Waals surface area contributed by atoms with Crippen LogP contribution in [0.1, 0.15) is 17.5 Å². The number of nitrogens with zero attached hydrogens (tertiary/aromatic N) is 2. The van der Waals surface area contributed by atoms with Gasteiger partial charge in [0.25, 0.3) is 0 Å². The van der Waals surface area contributed by atoms with Gasteiger partial charge in [-0.25, -0.2) is 0 Å². The predicted molar refractivity (Wildman–Crippen MR) is 84.5 cm³/mol. The molecule has 0 atom stereocenters. The van der Waals surface area contributed by atoms with Crippen LogP contribution in [0.15, 0.2) is 18.2 Å². The SMILES string of the molecule is O=C(CCN1CCc2c(Cl)cccc2C1)N1CCNCC1. The molecule has 1 aromatic rings. The molecule has 1 aromatic carbocycles. The number of hydrogen-bond donors (Lipinski definition) is 1. The highest BCUT2D eigenvalue weighted by atomic mass is 35.5. The summed E-state index contributed by atoms with van der Waals surface area (Å²) in [5.74, 6) is 0.286. The van der Waals surface area contributed by atoms with Gasteiger partial charge < -0.3 is 10.2 Å². The fourth-order valence-electron chi connectivity index (χ4n) is 3.14. The van der Waals surface area contributed by atoms with Crippen molar-refractivity contribution in [2.75, 3.05) is 39.3 Å². The first kappa shape index (κ1) is 14.8. The van der Waals surface area contributed by atoms with Crippen LogP contribution in [0.5, 0.6) is 0 Å². The molecule has 0 bridgehead atoms. The highest BCUT2D eigenvalue weighted by Gasteiger charge is 2.20. The Morgan fingerprint density at radius 1 is 1.24 bits per heavy atom. The number of carbonyl (C=O) groups is 1. The largest absolute Gasteiger partial charge is 0.340 e. The van der Waals surface area contributed by atoms with Crippen molar-refractivity contribution in [1.82, 2.24) is 15.1 Å². The fraction of sp³-hybridized carbons (Fsp3) is 0.562. The lowest BCUT2D eigenvalue weighted by molar-refractivity contribution is -0.132. The van der Waals surface area contributed by atoms with Gasteiger partial charge in [-0.05, 0) is 23.6 Å². The Morgan fingerprint density at radius 2 is 2.05 bits per heavy atom. The van der Waals surface area contributed by atoms with Crippen LogP contribution >= 0.6 is 11.6 Å². The van der Waals surface area contributed by atoms with E-state index in [1.54, 1.807) is 0 Å². The minimum Gasteiger partial charge on any atom is -0.340 e. The second-order valence-corrected chi connectivity index (χ2v) is 6.19. The van der Waals surface area contributed by atoms with E-state index in [0.29, 0.717) is 6.42 Å². The van der Waals surface area contributed by atoms with Crippen LogP contribution in [0, 0.1) is 0 Å². The lowest BCUT2D eigenvalue weighted by atomic mass is 9.99. The van der Waals surface area contributed by atoms with Crippen LogP contribution in [0.4, 0.5) is 0 Å². The zero-order valence-electron chi connectivity index (χ0n) is 12.3.